The van der Waals surface area contributed by atoms with Gasteiger partial charge in [-0.1, -0.05) is 0 Å². The Morgan fingerprint density at radius 1 is 1.38 bits per heavy atom. The standard InChI is InChI=1S/C6H7N3O4/c1-13-5(12)2-3(10)8-6(7)9-4(2)11/h1H3,(H4,7,8,9,10,11). The predicted octanol–water partition coefficient (Wildman–Crippen LogP) is -0.743. The number of hydrogen-bond acceptors (Lipinski definition) is 7. The lowest BCUT2D eigenvalue weighted by Crippen LogP contribution is -2.06. The van der Waals surface area contributed by atoms with Gasteiger partial charge in [-0.2, -0.15) is 9.97 Å². The molecule has 0 unspecified atom stereocenters. The van der Waals surface area contributed by atoms with Crippen LogP contribution in [0.25, 0.3) is 0 Å². The summed E-state index contributed by atoms with van der Waals surface area (Å²) >= 11 is 0. The van der Waals surface area contributed by atoms with E-state index in [1.165, 1.54) is 0 Å². The molecule has 0 amide bonds. The molecule has 0 saturated carbocycles. The highest BCUT2D eigenvalue weighted by atomic mass is 16.5. The molecule has 1 aromatic heterocycles. The van der Waals surface area contributed by atoms with Crippen molar-refractivity contribution in [2.75, 3.05) is 12.8 Å². The number of anilines is 1. The van der Waals surface area contributed by atoms with Gasteiger partial charge in [0.15, 0.2) is 5.56 Å². The van der Waals surface area contributed by atoms with E-state index < -0.39 is 23.3 Å². The fourth-order valence-corrected chi connectivity index (χ4v) is 0.738. The molecule has 1 aromatic rings. The lowest BCUT2D eigenvalue weighted by molar-refractivity contribution is 0.0592. The van der Waals surface area contributed by atoms with E-state index in [1.54, 1.807) is 0 Å². The zero-order chi connectivity index (χ0) is 10.0. The van der Waals surface area contributed by atoms with E-state index in [9.17, 15) is 4.79 Å². The van der Waals surface area contributed by atoms with Crippen LogP contribution >= 0.6 is 0 Å². The van der Waals surface area contributed by atoms with E-state index in [1.807, 2.05) is 0 Å². The average molecular weight is 185 g/mol. The number of ether oxygens (including phenoxy) is 1. The molecule has 0 bridgehead atoms. The van der Waals surface area contributed by atoms with Gasteiger partial charge in [0.2, 0.25) is 17.7 Å². The molecule has 0 spiro atoms. The number of aromatic hydroxyl groups is 2. The van der Waals surface area contributed by atoms with Crippen LogP contribution in [0.2, 0.25) is 0 Å². The van der Waals surface area contributed by atoms with Crippen molar-refractivity contribution < 1.29 is 19.7 Å². The normalized spacial score (nSPS) is 9.62. The summed E-state index contributed by atoms with van der Waals surface area (Å²) < 4.78 is 4.26. The van der Waals surface area contributed by atoms with Gasteiger partial charge in [-0.25, -0.2) is 4.79 Å². The lowest BCUT2D eigenvalue weighted by Gasteiger charge is -2.03. The van der Waals surface area contributed by atoms with Gasteiger partial charge < -0.3 is 20.7 Å². The van der Waals surface area contributed by atoms with Gasteiger partial charge in [0, 0.05) is 0 Å². The molecule has 0 aliphatic rings. The maximum Gasteiger partial charge on any atom is 0.348 e. The van der Waals surface area contributed by atoms with Gasteiger partial charge in [0.1, 0.15) is 0 Å². The molecule has 0 aliphatic heterocycles. The summed E-state index contributed by atoms with van der Waals surface area (Å²) in [6.45, 7) is 0. The quantitative estimate of drug-likeness (QED) is 0.493. The van der Waals surface area contributed by atoms with Crippen molar-refractivity contribution in [1.82, 2.24) is 9.97 Å². The maximum atomic E-state index is 10.9. The summed E-state index contributed by atoms with van der Waals surface area (Å²) in [5, 5.41) is 18.2. The van der Waals surface area contributed by atoms with Gasteiger partial charge >= 0.3 is 5.97 Å². The number of nitrogens with zero attached hydrogens (tertiary/aromatic N) is 2. The van der Waals surface area contributed by atoms with Gasteiger partial charge in [0.05, 0.1) is 7.11 Å². The minimum atomic E-state index is -0.935. The van der Waals surface area contributed by atoms with Crippen molar-refractivity contribution in [1.29, 1.82) is 0 Å². The fourth-order valence-electron chi connectivity index (χ4n) is 0.738. The number of esters is 1. The molecular weight excluding hydrogens is 178 g/mol. The Kier molecular flexibility index (Phi) is 2.18. The molecule has 13 heavy (non-hydrogen) atoms. The Morgan fingerprint density at radius 2 is 1.85 bits per heavy atom. The maximum absolute atomic E-state index is 10.9. The largest absolute Gasteiger partial charge is 0.492 e. The molecule has 70 valence electrons. The van der Waals surface area contributed by atoms with E-state index in [-0.39, 0.29) is 5.95 Å². The summed E-state index contributed by atoms with van der Waals surface area (Å²) in [6, 6.07) is 0. The first-order valence-corrected chi connectivity index (χ1v) is 3.20. The third-order valence-electron chi connectivity index (χ3n) is 1.28. The average Bonchev–Trinajstić information content (AvgIpc) is 2.02. The number of hydrogen-bond donors (Lipinski definition) is 3. The number of carbonyl (C=O) groups excluding carboxylic acids is 1. The minimum absolute atomic E-state index is 0.331. The van der Waals surface area contributed by atoms with E-state index in [4.69, 9.17) is 15.9 Å². The number of aromatic nitrogens is 2. The zero-order valence-corrected chi connectivity index (χ0v) is 6.68. The molecule has 4 N–H and O–H groups in total. The van der Waals surface area contributed by atoms with Crippen molar-refractivity contribution in [2.24, 2.45) is 0 Å². The van der Waals surface area contributed by atoms with Crippen LogP contribution in [0.5, 0.6) is 11.8 Å². The Labute approximate surface area is 72.8 Å². The highest BCUT2D eigenvalue weighted by Crippen LogP contribution is 2.23. The van der Waals surface area contributed by atoms with Crippen molar-refractivity contribution in [3.8, 4) is 11.8 Å². The Hall–Kier alpha value is -2.05. The third-order valence-corrected chi connectivity index (χ3v) is 1.28. The first-order chi connectivity index (χ1) is 6.06. The zero-order valence-electron chi connectivity index (χ0n) is 6.68. The summed E-state index contributed by atoms with van der Waals surface area (Å²) in [7, 11) is 1.09. The topological polar surface area (TPSA) is 119 Å². The number of methoxy groups -OCH3 is 1. The van der Waals surface area contributed by atoms with Crippen LogP contribution in [0.3, 0.4) is 0 Å². The molecule has 7 nitrogen and oxygen atoms in total. The van der Waals surface area contributed by atoms with Crippen LogP contribution in [0, 0.1) is 0 Å². The molecule has 0 fully saturated rings. The van der Waals surface area contributed by atoms with E-state index in [0.29, 0.717) is 0 Å². The van der Waals surface area contributed by atoms with Gasteiger partial charge in [0.25, 0.3) is 0 Å². The number of nitrogens with two attached hydrogens (primary N) is 1. The molecule has 0 atom stereocenters. The first-order valence-electron chi connectivity index (χ1n) is 3.20. The van der Waals surface area contributed by atoms with Crippen molar-refractivity contribution in [2.45, 2.75) is 0 Å². The van der Waals surface area contributed by atoms with Gasteiger partial charge in [-0.3, -0.25) is 0 Å². The van der Waals surface area contributed by atoms with Crippen LogP contribution in [-0.4, -0.2) is 33.3 Å². The number of rotatable bonds is 1. The van der Waals surface area contributed by atoms with E-state index in [2.05, 4.69) is 14.7 Å². The van der Waals surface area contributed by atoms with E-state index >= 15 is 0 Å². The smallest absolute Gasteiger partial charge is 0.348 e. The summed E-state index contributed by atoms with van der Waals surface area (Å²) in [6.07, 6.45) is 0. The molecule has 7 heteroatoms. The second-order valence-electron chi connectivity index (χ2n) is 2.10. The van der Waals surface area contributed by atoms with Crippen LogP contribution in [0.15, 0.2) is 0 Å². The number of nitrogen functional groups attached to an aromatic ring is 1. The minimum Gasteiger partial charge on any atom is -0.492 e. The predicted molar refractivity (Wildman–Crippen MR) is 41.1 cm³/mol. The van der Waals surface area contributed by atoms with Crippen LogP contribution in [-0.2, 0) is 4.74 Å². The molecule has 0 aromatic carbocycles. The van der Waals surface area contributed by atoms with Crippen LogP contribution in [0.1, 0.15) is 10.4 Å². The first kappa shape index (κ1) is 9.04. The second kappa shape index (κ2) is 3.13. The van der Waals surface area contributed by atoms with E-state index in [0.717, 1.165) is 7.11 Å². The van der Waals surface area contributed by atoms with Gasteiger partial charge in [-0.05, 0) is 0 Å². The van der Waals surface area contributed by atoms with Crippen molar-refractivity contribution >= 4 is 11.9 Å². The highest BCUT2D eigenvalue weighted by Gasteiger charge is 2.20. The summed E-state index contributed by atoms with van der Waals surface area (Å²) in [5.74, 6) is -2.69. The SMILES string of the molecule is COC(=O)c1c(O)nc(N)nc1O. The molecule has 0 saturated heterocycles. The second-order valence-corrected chi connectivity index (χ2v) is 2.10. The van der Waals surface area contributed by atoms with Crippen LogP contribution < -0.4 is 5.73 Å². The fraction of sp³-hybridized carbons (Fsp3) is 0.167. The lowest BCUT2D eigenvalue weighted by atomic mass is 10.3. The Balaban J connectivity index is 3.28. The Bertz CT molecular complexity index is 329. The summed E-state index contributed by atoms with van der Waals surface area (Å²) in [5.41, 5.74) is 4.57. The van der Waals surface area contributed by atoms with Crippen molar-refractivity contribution in [3.05, 3.63) is 5.56 Å². The monoisotopic (exact) mass is 185 g/mol. The highest BCUT2D eigenvalue weighted by molar-refractivity contribution is 5.94. The van der Waals surface area contributed by atoms with Gasteiger partial charge in [-0.15, -0.1) is 0 Å². The molecular formula is C6H7N3O4. The van der Waals surface area contributed by atoms with Crippen LogP contribution in [0.4, 0.5) is 5.95 Å². The van der Waals surface area contributed by atoms with Crippen molar-refractivity contribution in [3.63, 3.8) is 0 Å². The third kappa shape index (κ3) is 1.58. The molecule has 0 aliphatic carbocycles. The number of carbonyl (C=O) groups is 1. The molecule has 1 rings (SSSR count). The Morgan fingerprint density at radius 3 is 2.23 bits per heavy atom. The molecule has 1 heterocycles. The summed E-state index contributed by atoms with van der Waals surface area (Å²) in [4.78, 5) is 17.4. The molecule has 0 radical (unpaired) electrons.